The van der Waals surface area contributed by atoms with Gasteiger partial charge >= 0.3 is 6.18 Å². The molecule has 1 saturated heterocycles. The molecule has 2 aromatic carbocycles. The molecule has 5 nitrogen and oxygen atoms in total. The summed E-state index contributed by atoms with van der Waals surface area (Å²) in [6, 6.07) is 12.5. The molecule has 0 aliphatic carbocycles. The third-order valence-corrected chi connectivity index (χ3v) is 4.28. The van der Waals surface area contributed by atoms with Gasteiger partial charge in [-0.25, -0.2) is 0 Å². The van der Waals surface area contributed by atoms with Gasteiger partial charge in [0, 0.05) is 24.3 Å². The van der Waals surface area contributed by atoms with E-state index in [9.17, 15) is 22.8 Å². The Morgan fingerprint density at radius 2 is 1.74 bits per heavy atom. The van der Waals surface area contributed by atoms with Crippen molar-refractivity contribution < 1.29 is 22.8 Å². The molecular formula is C19H14F3N3O2. The maximum Gasteiger partial charge on any atom is 0.416 e. The van der Waals surface area contributed by atoms with E-state index in [1.807, 2.05) is 6.07 Å². The molecule has 1 unspecified atom stereocenters. The van der Waals surface area contributed by atoms with Crippen molar-refractivity contribution in [1.82, 2.24) is 0 Å². The average molecular weight is 373 g/mol. The molecule has 8 heteroatoms. The van der Waals surface area contributed by atoms with E-state index in [4.69, 9.17) is 5.26 Å². The fraction of sp³-hybridized carbons (Fsp3) is 0.211. The average Bonchev–Trinajstić information content (AvgIpc) is 3.03. The summed E-state index contributed by atoms with van der Waals surface area (Å²) in [5, 5.41) is 11.4. The lowest BCUT2D eigenvalue weighted by Gasteiger charge is -2.17. The molecule has 3 rings (SSSR count). The van der Waals surface area contributed by atoms with Crippen molar-refractivity contribution in [1.29, 1.82) is 5.26 Å². The first-order valence-electron chi connectivity index (χ1n) is 8.06. The zero-order valence-corrected chi connectivity index (χ0v) is 14.0. The van der Waals surface area contributed by atoms with Crippen molar-refractivity contribution in [2.45, 2.75) is 12.6 Å². The number of halogens is 3. The lowest BCUT2D eigenvalue weighted by molar-refractivity contribution is -0.137. The van der Waals surface area contributed by atoms with Gasteiger partial charge in [0.15, 0.2) is 0 Å². The molecular weight excluding hydrogens is 359 g/mol. The Bertz CT molecular complexity index is 900. The summed E-state index contributed by atoms with van der Waals surface area (Å²) in [5.74, 6) is -1.30. The summed E-state index contributed by atoms with van der Waals surface area (Å²) in [4.78, 5) is 25.9. The van der Waals surface area contributed by atoms with Gasteiger partial charge in [-0.15, -0.1) is 0 Å². The monoisotopic (exact) mass is 373 g/mol. The Labute approximate surface area is 153 Å². The molecule has 1 heterocycles. The third kappa shape index (κ3) is 4.08. The third-order valence-electron chi connectivity index (χ3n) is 4.28. The van der Waals surface area contributed by atoms with Crippen molar-refractivity contribution in [2.75, 3.05) is 16.8 Å². The van der Waals surface area contributed by atoms with Crippen LogP contribution in [-0.4, -0.2) is 18.4 Å². The lowest BCUT2D eigenvalue weighted by atomic mass is 10.1. The first kappa shape index (κ1) is 18.5. The highest BCUT2D eigenvalue weighted by atomic mass is 19.4. The molecule has 0 saturated carbocycles. The van der Waals surface area contributed by atoms with Gasteiger partial charge in [-0.2, -0.15) is 18.4 Å². The summed E-state index contributed by atoms with van der Waals surface area (Å²) in [6.45, 7) is 0.0896. The van der Waals surface area contributed by atoms with Crippen molar-refractivity contribution in [3.8, 4) is 6.07 Å². The normalized spacial score (nSPS) is 16.9. The Balaban J connectivity index is 1.67. The van der Waals surface area contributed by atoms with E-state index in [0.717, 1.165) is 12.1 Å². The Hall–Kier alpha value is -3.34. The number of rotatable bonds is 3. The number of carbonyl (C=O) groups excluding carboxylic acids is 2. The second-order valence-corrected chi connectivity index (χ2v) is 6.13. The van der Waals surface area contributed by atoms with E-state index in [1.54, 1.807) is 24.3 Å². The van der Waals surface area contributed by atoms with Crippen LogP contribution in [0.5, 0.6) is 0 Å². The molecule has 27 heavy (non-hydrogen) atoms. The quantitative estimate of drug-likeness (QED) is 0.894. The number of alkyl halides is 3. The van der Waals surface area contributed by atoms with Gasteiger partial charge in [0.1, 0.15) is 0 Å². The van der Waals surface area contributed by atoms with Crippen molar-refractivity contribution in [3.63, 3.8) is 0 Å². The number of amides is 2. The van der Waals surface area contributed by atoms with Crippen LogP contribution in [-0.2, 0) is 15.8 Å². The van der Waals surface area contributed by atoms with E-state index in [0.29, 0.717) is 16.9 Å². The van der Waals surface area contributed by atoms with Crippen LogP contribution in [0.1, 0.15) is 17.5 Å². The van der Waals surface area contributed by atoms with Gasteiger partial charge in [0.05, 0.1) is 23.1 Å². The second-order valence-electron chi connectivity index (χ2n) is 6.13. The molecule has 0 spiro atoms. The smallest absolute Gasteiger partial charge is 0.326 e. The number of nitrogens with zero attached hydrogens (tertiary/aromatic N) is 2. The minimum absolute atomic E-state index is 0.0247. The van der Waals surface area contributed by atoms with E-state index in [1.165, 1.54) is 17.0 Å². The van der Waals surface area contributed by atoms with Crippen LogP contribution in [0.15, 0.2) is 48.5 Å². The van der Waals surface area contributed by atoms with Gasteiger partial charge in [0.25, 0.3) is 0 Å². The first-order chi connectivity index (χ1) is 12.8. The molecule has 1 aliphatic rings. The highest BCUT2D eigenvalue weighted by Gasteiger charge is 2.36. The van der Waals surface area contributed by atoms with Gasteiger partial charge in [-0.05, 0) is 48.5 Å². The number of hydrogen-bond donors (Lipinski definition) is 1. The van der Waals surface area contributed by atoms with Gasteiger partial charge in [0.2, 0.25) is 11.8 Å². The fourth-order valence-electron chi connectivity index (χ4n) is 2.84. The largest absolute Gasteiger partial charge is 0.416 e. The zero-order chi connectivity index (χ0) is 19.6. The standard InChI is InChI=1S/C19H14F3N3O2/c20-19(21,22)14-3-7-16(8-4-14)25-11-13(9-17(25)26)18(27)24-15-5-1-12(10-23)2-6-15/h1-8,13H,9,11H2,(H,24,27). The zero-order valence-electron chi connectivity index (χ0n) is 14.0. The summed E-state index contributed by atoms with van der Waals surface area (Å²) >= 11 is 0. The van der Waals surface area contributed by atoms with Gasteiger partial charge in [-0.1, -0.05) is 0 Å². The first-order valence-corrected chi connectivity index (χ1v) is 8.06. The summed E-state index contributed by atoms with van der Waals surface area (Å²) in [7, 11) is 0. The van der Waals surface area contributed by atoms with Crippen molar-refractivity contribution in [3.05, 3.63) is 59.7 Å². The molecule has 1 atom stereocenters. The van der Waals surface area contributed by atoms with Crippen LogP contribution in [0.3, 0.4) is 0 Å². The van der Waals surface area contributed by atoms with E-state index >= 15 is 0 Å². The van der Waals surface area contributed by atoms with Crippen molar-refractivity contribution in [2.24, 2.45) is 5.92 Å². The van der Waals surface area contributed by atoms with Gasteiger partial charge in [-0.3, -0.25) is 9.59 Å². The summed E-state index contributed by atoms with van der Waals surface area (Å²) < 4.78 is 37.9. The number of anilines is 2. The number of hydrogen-bond acceptors (Lipinski definition) is 3. The Morgan fingerprint density at radius 3 is 2.30 bits per heavy atom. The molecule has 1 fully saturated rings. The molecule has 2 amide bonds. The van der Waals surface area contributed by atoms with E-state index < -0.39 is 17.7 Å². The Kier molecular flexibility index (Phi) is 4.86. The molecule has 2 aromatic rings. The fourth-order valence-corrected chi connectivity index (χ4v) is 2.84. The van der Waals surface area contributed by atoms with Crippen LogP contribution >= 0.6 is 0 Å². The number of benzene rings is 2. The van der Waals surface area contributed by atoms with Gasteiger partial charge < -0.3 is 10.2 Å². The lowest BCUT2D eigenvalue weighted by Crippen LogP contribution is -2.28. The number of nitriles is 1. The molecule has 1 aliphatic heterocycles. The topological polar surface area (TPSA) is 73.2 Å². The molecule has 0 bridgehead atoms. The summed E-state index contributed by atoms with van der Waals surface area (Å²) in [5.41, 5.74) is 0.478. The van der Waals surface area contributed by atoms with E-state index in [-0.39, 0.29) is 24.8 Å². The van der Waals surface area contributed by atoms with E-state index in [2.05, 4.69) is 5.32 Å². The minimum atomic E-state index is -4.45. The van der Waals surface area contributed by atoms with Crippen LogP contribution in [0.25, 0.3) is 0 Å². The minimum Gasteiger partial charge on any atom is -0.326 e. The molecule has 0 radical (unpaired) electrons. The second kappa shape index (κ2) is 7.11. The number of nitrogens with one attached hydrogen (secondary N) is 1. The highest BCUT2D eigenvalue weighted by molar-refractivity contribution is 6.03. The Morgan fingerprint density at radius 1 is 1.11 bits per heavy atom. The molecule has 0 aromatic heterocycles. The number of carbonyl (C=O) groups is 2. The van der Waals surface area contributed by atoms with Crippen molar-refractivity contribution >= 4 is 23.2 Å². The highest BCUT2D eigenvalue weighted by Crippen LogP contribution is 2.32. The maximum absolute atomic E-state index is 12.6. The SMILES string of the molecule is N#Cc1ccc(NC(=O)C2CC(=O)N(c3ccc(C(F)(F)F)cc3)C2)cc1. The molecule has 138 valence electrons. The summed E-state index contributed by atoms with van der Waals surface area (Å²) in [6.07, 6.45) is -4.47. The van der Waals surface area contributed by atoms with Crippen LogP contribution in [0.2, 0.25) is 0 Å². The van der Waals surface area contributed by atoms with Crippen LogP contribution < -0.4 is 10.2 Å². The predicted octanol–water partition coefficient (Wildman–Crippen LogP) is 3.57. The molecule has 1 N–H and O–H groups in total. The van der Waals surface area contributed by atoms with Crippen LogP contribution in [0, 0.1) is 17.2 Å². The predicted molar refractivity (Wildman–Crippen MR) is 91.7 cm³/mol. The maximum atomic E-state index is 12.6. The van der Waals surface area contributed by atoms with Crippen LogP contribution in [0.4, 0.5) is 24.5 Å².